The van der Waals surface area contributed by atoms with Gasteiger partial charge >= 0.3 is 0 Å². The van der Waals surface area contributed by atoms with Crippen LogP contribution in [0.2, 0.25) is 0 Å². The van der Waals surface area contributed by atoms with Crippen LogP contribution in [0.25, 0.3) is 0 Å². The second-order valence-corrected chi connectivity index (χ2v) is 7.48. The lowest BCUT2D eigenvalue weighted by Gasteiger charge is -2.18. The van der Waals surface area contributed by atoms with Crippen molar-refractivity contribution in [1.29, 1.82) is 0 Å². The van der Waals surface area contributed by atoms with Gasteiger partial charge in [-0.15, -0.1) is 11.8 Å². The molecule has 0 heterocycles. The topological polar surface area (TPSA) is 46.2 Å². The van der Waals surface area contributed by atoms with E-state index in [4.69, 9.17) is 0 Å². The minimum atomic E-state index is -0.778. The molecule has 5 heteroatoms. The second kappa shape index (κ2) is 9.33. The van der Waals surface area contributed by atoms with Gasteiger partial charge in [0.05, 0.1) is 0 Å². The summed E-state index contributed by atoms with van der Waals surface area (Å²) in [4.78, 5) is 25.6. The van der Waals surface area contributed by atoms with Gasteiger partial charge in [-0.2, -0.15) is 0 Å². The fourth-order valence-corrected chi connectivity index (χ4v) is 3.64. The third-order valence-electron chi connectivity index (χ3n) is 4.20. The van der Waals surface area contributed by atoms with E-state index in [1.165, 1.54) is 36.0 Å². The summed E-state index contributed by atoms with van der Waals surface area (Å²) in [6, 6.07) is 22.2. The van der Waals surface area contributed by atoms with Crippen molar-refractivity contribution in [1.82, 2.24) is 5.32 Å². The van der Waals surface area contributed by atoms with Crippen LogP contribution in [0, 0.1) is 12.7 Å². The number of nitrogens with one attached hydrogen (secondary N) is 1. The number of carbonyl (C=O) groups is 2. The van der Waals surface area contributed by atoms with E-state index in [1.54, 1.807) is 12.1 Å². The van der Waals surface area contributed by atoms with Gasteiger partial charge < -0.3 is 5.32 Å². The lowest BCUT2D eigenvalue weighted by atomic mass is 10.1. The SMILES string of the molecule is Cc1ccc(C(=O)NC(SCc2ccccc2)C(=O)c2ccc(F)cc2)cc1. The molecular formula is C23H20FNO2S. The summed E-state index contributed by atoms with van der Waals surface area (Å²) in [6.45, 7) is 1.94. The zero-order valence-corrected chi connectivity index (χ0v) is 16.2. The maximum Gasteiger partial charge on any atom is 0.252 e. The van der Waals surface area contributed by atoms with Gasteiger partial charge in [0.2, 0.25) is 0 Å². The van der Waals surface area contributed by atoms with E-state index < -0.39 is 11.2 Å². The van der Waals surface area contributed by atoms with Crippen LogP contribution < -0.4 is 5.32 Å². The first kappa shape index (κ1) is 19.8. The quantitative estimate of drug-likeness (QED) is 0.454. The minimum absolute atomic E-state index is 0.263. The fourth-order valence-electron chi connectivity index (χ4n) is 2.61. The summed E-state index contributed by atoms with van der Waals surface area (Å²) in [5.74, 6) is -0.428. The summed E-state index contributed by atoms with van der Waals surface area (Å²) in [5, 5.41) is 2.04. The van der Waals surface area contributed by atoms with Gasteiger partial charge in [-0.1, -0.05) is 48.0 Å². The van der Waals surface area contributed by atoms with Crippen LogP contribution in [0.1, 0.15) is 31.8 Å². The highest BCUT2D eigenvalue weighted by atomic mass is 32.2. The molecular weight excluding hydrogens is 373 g/mol. The highest BCUT2D eigenvalue weighted by molar-refractivity contribution is 7.99. The maximum atomic E-state index is 13.2. The van der Waals surface area contributed by atoms with E-state index in [0.717, 1.165) is 11.1 Å². The molecule has 0 aromatic heterocycles. The maximum absolute atomic E-state index is 13.2. The predicted octanol–water partition coefficient (Wildman–Crippen LogP) is 5.01. The first-order valence-electron chi connectivity index (χ1n) is 8.86. The van der Waals surface area contributed by atoms with E-state index in [-0.39, 0.29) is 11.7 Å². The average Bonchev–Trinajstić information content (AvgIpc) is 2.72. The van der Waals surface area contributed by atoms with E-state index >= 15 is 0 Å². The van der Waals surface area contributed by atoms with Crippen molar-refractivity contribution in [2.45, 2.75) is 18.1 Å². The van der Waals surface area contributed by atoms with Crippen LogP contribution >= 0.6 is 11.8 Å². The van der Waals surface area contributed by atoms with Crippen LogP contribution in [-0.4, -0.2) is 17.1 Å². The zero-order valence-electron chi connectivity index (χ0n) is 15.4. The van der Waals surface area contributed by atoms with Crippen molar-refractivity contribution in [2.75, 3.05) is 0 Å². The van der Waals surface area contributed by atoms with Crippen molar-refractivity contribution < 1.29 is 14.0 Å². The standard InChI is InChI=1S/C23H20FNO2S/c1-16-7-9-19(10-8-16)22(27)25-23(28-15-17-5-3-2-4-6-17)21(26)18-11-13-20(24)14-12-18/h2-14,23H,15H2,1H3,(H,25,27). The molecule has 3 aromatic rings. The average molecular weight is 393 g/mol. The van der Waals surface area contributed by atoms with E-state index in [1.807, 2.05) is 49.4 Å². The molecule has 0 bridgehead atoms. The van der Waals surface area contributed by atoms with Gasteiger partial charge in [-0.05, 0) is 48.9 Å². The molecule has 0 aliphatic heterocycles. The number of ketones is 1. The van der Waals surface area contributed by atoms with Crippen LogP contribution in [0.4, 0.5) is 4.39 Å². The van der Waals surface area contributed by atoms with Gasteiger partial charge in [0.25, 0.3) is 5.91 Å². The van der Waals surface area contributed by atoms with Gasteiger partial charge in [-0.25, -0.2) is 4.39 Å². The fraction of sp³-hybridized carbons (Fsp3) is 0.130. The highest BCUT2D eigenvalue weighted by Crippen LogP contribution is 2.21. The summed E-state index contributed by atoms with van der Waals surface area (Å²) in [6.07, 6.45) is 0. The number of hydrogen-bond donors (Lipinski definition) is 1. The molecule has 0 saturated heterocycles. The Hall–Kier alpha value is -2.92. The summed E-state index contributed by atoms with van der Waals surface area (Å²) in [5.41, 5.74) is 2.95. The molecule has 0 fully saturated rings. The number of thioether (sulfide) groups is 1. The lowest BCUT2D eigenvalue weighted by molar-refractivity contribution is 0.0892. The largest absolute Gasteiger partial charge is 0.333 e. The van der Waals surface area contributed by atoms with Crippen molar-refractivity contribution in [3.63, 3.8) is 0 Å². The van der Waals surface area contributed by atoms with Crippen molar-refractivity contribution in [3.05, 3.63) is 107 Å². The third kappa shape index (κ3) is 5.30. The molecule has 28 heavy (non-hydrogen) atoms. The number of amides is 1. The molecule has 3 nitrogen and oxygen atoms in total. The minimum Gasteiger partial charge on any atom is -0.333 e. The van der Waals surface area contributed by atoms with Crippen molar-refractivity contribution in [2.24, 2.45) is 0 Å². The van der Waals surface area contributed by atoms with Crippen LogP contribution in [0.5, 0.6) is 0 Å². The Kier molecular flexibility index (Phi) is 6.61. The van der Waals surface area contributed by atoms with Crippen LogP contribution in [0.3, 0.4) is 0 Å². The predicted molar refractivity (Wildman–Crippen MR) is 111 cm³/mol. The Morgan fingerprint density at radius 1 is 0.893 bits per heavy atom. The number of Topliss-reactive ketones (excluding diaryl/α,β-unsaturated/α-hetero) is 1. The van der Waals surface area contributed by atoms with Crippen LogP contribution in [0.15, 0.2) is 78.9 Å². The van der Waals surface area contributed by atoms with Gasteiger partial charge in [-0.3, -0.25) is 9.59 Å². The summed E-state index contributed by atoms with van der Waals surface area (Å²) >= 11 is 1.33. The molecule has 3 aromatic carbocycles. The first-order chi connectivity index (χ1) is 13.5. The van der Waals surface area contributed by atoms with Crippen LogP contribution in [-0.2, 0) is 5.75 Å². The molecule has 1 amide bonds. The molecule has 0 aliphatic rings. The Bertz CT molecular complexity index is 941. The summed E-state index contributed by atoms with van der Waals surface area (Å²) in [7, 11) is 0. The Balaban J connectivity index is 1.78. The second-order valence-electron chi connectivity index (χ2n) is 6.39. The molecule has 0 radical (unpaired) electrons. The third-order valence-corrected chi connectivity index (χ3v) is 5.37. The molecule has 3 rings (SSSR count). The van der Waals surface area contributed by atoms with Gasteiger partial charge in [0, 0.05) is 16.9 Å². The number of hydrogen-bond acceptors (Lipinski definition) is 3. The zero-order chi connectivity index (χ0) is 19.9. The smallest absolute Gasteiger partial charge is 0.252 e. The van der Waals surface area contributed by atoms with Crippen molar-refractivity contribution >= 4 is 23.5 Å². The number of carbonyl (C=O) groups excluding carboxylic acids is 2. The summed E-state index contributed by atoms with van der Waals surface area (Å²) < 4.78 is 13.2. The molecule has 1 N–H and O–H groups in total. The number of halogens is 1. The number of rotatable bonds is 7. The van der Waals surface area contributed by atoms with Crippen molar-refractivity contribution in [3.8, 4) is 0 Å². The Morgan fingerprint density at radius 3 is 2.14 bits per heavy atom. The van der Waals surface area contributed by atoms with E-state index in [2.05, 4.69) is 5.32 Å². The van der Waals surface area contributed by atoms with E-state index in [9.17, 15) is 14.0 Å². The molecule has 142 valence electrons. The first-order valence-corrected chi connectivity index (χ1v) is 9.90. The van der Waals surface area contributed by atoms with E-state index in [0.29, 0.717) is 16.9 Å². The van der Waals surface area contributed by atoms with Gasteiger partial charge in [0.15, 0.2) is 5.78 Å². The molecule has 0 spiro atoms. The normalized spacial score (nSPS) is 11.6. The lowest BCUT2D eigenvalue weighted by Crippen LogP contribution is -2.38. The number of aryl methyl sites for hydroxylation is 1. The highest BCUT2D eigenvalue weighted by Gasteiger charge is 2.23. The Morgan fingerprint density at radius 2 is 1.50 bits per heavy atom. The monoisotopic (exact) mass is 393 g/mol. The Labute approximate surface area is 168 Å². The molecule has 1 atom stereocenters. The molecule has 0 saturated carbocycles. The van der Waals surface area contributed by atoms with Gasteiger partial charge in [0.1, 0.15) is 11.2 Å². The molecule has 0 aliphatic carbocycles. The molecule has 1 unspecified atom stereocenters. The number of benzene rings is 3.